The smallest absolute Gasteiger partial charge is 0.234 e. The van der Waals surface area contributed by atoms with Gasteiger partial charge in [0.1, 0.15) is 0 Å². The lowest BCUT2D eigenvalue weighted by Crippen LogP contribution is -2.42. The Balaban J connectivity index is 3.53. The molecule has 0 radical (unpaired) electrons. The van der Waals surface area contributed by atoms with Crippen LogP contribution in [0.25, 0.3) is 0 Å². The maximum absolute atomic E-state index is 11.0. The zero-order valence-electron chi connectivity index (χ0n) is 9.62. The van der Waals surface area contributed by atoms with Gasteiger partial charge in [-0.05, 0) is 19.4 Å². The zero-order valence-corrected chi connectivity index (χ0v) is 9.62. The third kappa shape index (κ3) is 8.35. The number of nitrogens with one attached hydrogen (secondary N) is 1. The number of amides is 1. The molecule has 0 spiro atoms. The van der Waals surface area contributed by atoms with Gasteiger partial charge in [-0.15, -0.1) is 0 Å². The van der Waals surface area contributed by atoms with Crippen LogP contribution >= 0.6 is 0 Å². The molecule has 5 heteroatoms. The summed E-state index contributed by atoms with van der Waals surface area (Å²) in [4.78, 5) is 11.0. The van der Waals surface area contributed by atoms with Gasteiger partial charge in [-0.3, -0.25) is 4.79 Å². The minimum Gasteiger partial charge on any atom is -0.382 e. The van der Waals surface area contributed by atoms with Crippen LogP contribution in [0.2, 0.25) is 0 Å². The van der Waals surface area contributed by atoms with E-state index in [1.165, 1.54) is 0 Å². The molecule has 0 aromatic rings. The molecule has 0 aromatic heterocycles. The molecule has 1 amide bonds. The van der Waals surface area contributed by atoms with Crippen molar-refractivity contribution in [1.29, 1.82) is 0 Å². The van der Waals surface area contributed by atoms with E-state index in [0.29, 0.717) is 26.2 Å². The number of hydrogen-bond donors (Lipinski definition) is 2. The Bertz CT molecular complexity index is 165. The Morgan fingerprint density at radius 2 is 2.13 bits per heavy atom. The summed E-state index contributed by atoms with van der Waals surface area (Å²) < 4.78 is 10.1. The molecule has 5 nitrogen and oxygen atoms in total. The molecular formula is C10H22N2O3. The van der Waals surface area contributed by atoms with Crippen LogP contribution in [0.15, 0.2) is 0 Å². The van der Waals surface area contributed by atoms with Crippen LogP contribution in [0.4, 0.5) is 0 Å². The maximum Gasteiger partial charge on any atom is 0.234 e. The molecule has 1 unspecified atom stereocenters. The summed E-state index contributed by atoms with van der Waals surface area (Å²) in [5.74, 6) is -0.321. The molecule has 0 aliphatic rings. The summed E-state index contributed by atoms with van der Waals surface area (Å²) in [6.07, 6.45) is 1.59. The highest BCUT2D eigenvalue weighted by Crippen LogP contribution is 1.93. The molecule has 0 heterocycles. The van der Waals surface area contributed by atoms with Crippen molar-refractivity contribution in [2.45, 2.75) is 25.8 Å². The standard InChI is InChI=1S/C10H22N2O3/c1-3-5-12-9(10(11)13)4-6-15-8-7-14-2/h9,12H,3-8H2,1-2H3,(H2,11,13). The van der Waals surface area contributed by atoms with Gasteiger partial charge in [0, 0.05) is 13.7 Å². The number of ether oxygens (including phenoxy) is 2. The summed E-state index contributed by atoms with van der Waals surface area (Å²) in [5, 5.41) is 3.07. The topological polar surface area (TPSA) is 73.6 Å². The number of rotatable bonds is 10. The van der Waals surface area contributed by atoms with E-state index in [9.17, 15) is 4.79 Å². The zero-order chi connectivity index (χ0) is 11.5. The predicted molar refractivity (Wildman–Crippen MR) is 58.6 cm³/mol. The van der Waals surface area contributed by atoms with Gasteiger partial charge in [-0.1, -0.05) is 6.92 Å². The normalized spacial score (nSPS) is 12.7. The molecule has 3 N–H and O–H groups in total. The molecule has 0 fully saturated rings. The average Bonchev–Trinajstić information content (AvgIpc) is 2.21. The molecule has 0 rings (SSSR count). The van der Waals surface area contributed by atoms with Gasteiger partial charge in [-0.2, -0.15) is 0 Å². The molecule has 0 aromatic carbocycles. The largest absolute Gasteiger partial charge is 0.382 e. The summed E-state index contributed by atoms with van der Waals surface area (Å²) in [6.45, 7) is 4.49. The SMILES string of the molecule is CCCNC(CCOCCOC)C(N)=O. The Kier molecular flexibility index (Phi) is 9.46. The van der Waals surface area contributed by atoms with Crippen LogP contribution in [0.5, 0.6) is 0 Å². The van der Waals surface area contributed by atoms with Crippen molar-refractivity contribution in [2.24, 2.45) is 5.73 Å². The van der Waals surface area contributed by atoms with Gasteiger partial charge < -0.3 is 20.5 Å². The van der Waals surface area contributed by atoms with Crippen molar-refractivity contribution >= 4 is 5.91 Å². The number of hydrogen-bond acceptors (Lipinski definition) is 4. The molecule has 0 bridgehead atoms. The third-order valence-electron chi connectivity index (χ3n) is 1.97. The first-order chi connectivity index (χ1) is 7.22. The molecule has 0 aliphatic heterocycles. The van der Waals surface area contributed by atoms with E-state index < -0.39 is 0 Å². The van der Waals surface area contributed by atoms with Gasteiger partial charge >= 0.3 is 0 Å². The van der Waals surface area contributed by atoms with Gasteiger partial charge in [0.05, 0.1) is 19.3 Å². The quantitative estimate of drug-likeness (QED) is 0.502. The number of primary amides is 1. The van der Waals surface area contributed by atoms with Crippen LogP contribution in [0.3, 0.4) is 0 Å². The van der Waals surface area contributed by atoms with Crippen LogP contribution < -0.4 is 11.1 Å². The van der Waals surface area contributed by atoms with Crippen molar-refractivity contribution in [2.75, 3.05) is 33.5 Å². The molecule has 0 aliphatic carbocycles. The first kappa shape index (κ1) is 14.3. The second-order valence-corrected chi connectivity index (χ2v) is 3.30. The van der Waals surface area contributed by atoms with Crippen LogP contribution in [-0.4, -0.2) is 45.4 Å². The lowest BCUT2D eigenvalue weighted by Gasteiger charge is -2.14. The van der Waals surface area contributed by atoms with Crippen LogP contribution in [0, 0.1) is 0 Å². The molecule has 0 saturated carbocycles. The summed E-state index contributed by atoms with van der Waals surface area (Å²) in [5.41, 5.74) is 5.24. The van der Waals surface area contributed by atoms with E-state index in [1.807, 2.05) is 6.92 Å². The Labute approximate surface area is 91.3 Å². The van der Waals surface area contributed by atoms with Crippen molar-refractivity contribution in [1.82, 2.24) is 5.32 Å². The minimum atomic E-state index is -0.321. The fourth-order valence-electron chi connectivity index (χ4n) is 1.11. The van der Waals surface area contributed by atoms with E-state index in [-0.39, 0.29) is 11.9 Å². The highest BCUT2D eigenvalue weighted by molar-refractivity contribution is 5.79. The summed E-state index contributed by atoms with van der Waals surface area (Å²) in [7, 11) is 1.62. The van der Waals surface area contributed by atoms with Crippen molar-refractivity contribution in [3.8, 4) is 0 Å². The highest BCUT2D eigenvalue weighted by Gasteiger charge is 2.13. The molecule has 1 atom stereocenters. The second-order valence-electron chi connectivity index (χ2n) is 3.30. The van der Waals surface area contributed by atoms with E-state index in [4.69, 9.17) is 15.2 Å². The summed E-state index contributed by atoms with van der Waals surface area (Å²) >= 11 is 0. The minimum absolute atomic E-state index is 0.285. The highest BCUT2D eigenvalue weighted by atomic mass is 16.5. The van der Waals surface area contributed by atoms with Gasteiger partial charge in [-0.25, -0.2) is 0 Å². The maximum atomic E-state index is 11.0. The number of methoxy groups -OCH3 is 1. The van der Waals surface area contributed by atoms with Crippen molar-refractivity contribution in [3.05, 3.63) is 0 Å². The number of carbonyl (C=O) groups is 1. The van der Waals surface area contributed by atoms with Crippen LogP contribution in [-0.2, 0) is 14.3 Å². The first-order valence-electron chi connectivity index (χ1n) is 5.31. The molecule has 90 valence electrons. The molecule has 15 heavy (non-hydrogen) atoms. The lowest BCUT2D eigenvalue weighted by molar-refractivity contribution is -0.120. The van der Waals surface area contributed by atoms with Gasteiger partial charge in [0.2, 0.25) is 5.91 Å². The Morgan fingerprint density at radius 3 is 2.67 bits per heavy atom. The number of carbonyl (C=O) groups excluding carboxylic acids is 1. The van der Waals surface area contributed by atoms with Gasteiger partial charge in [0.15, 0.2) is 0 Å². The Morgan fingerprint density at radius 1 is 1.40 bits per heavy atom. The van der Waals surface area contributed by atoms with E-state index in [1.54, 1.807) is 7.11 Å². The number of nitrogens with two attached hydrogens (primary N) is 1. The third-order valence-corrected chi connectivity index (χ3v) is 1.97. The van der Waals surface area contributed by atoms with Crippen molar-refractivity contribution < 1.29 is 14.3 Å². The first-order valence-corrected chi connectivity index (χ1v) is 5.31. The van der Waals surface area contributed by atoms with Gasteiger partial charge in [0.25, 0.3) is 0 Å². The predicted octanol–water partition coefficient (Wildman–Crippen LogP) is -0.107. The Hall–Kier alpha value is -0.650. The van der Waals surface area contributed by atoms with E-state index >= 15 is 0 Å². The fourth-order valence-corrected chi connectivity index (χ4v) is 1.11. The molecule has 0 saturated heterocycles. The lowest BCUT2D eigenvalue weighted by atomic mass is 10.2. The second kappa shape index (κ2) is 9.89. The van der Waals surface area contributed by atoms with Crippen LogP contribution in [0.1, 0.15) is 19.8 Å². The van der Waals surface area contributed by atoms with E-state index in [2.05, 4.69) is 5.32 Å². The summed E-state index contributed by atoms with van der Waals surface area (Å²) in [6, 6.07) is -0.285. The monoisotopic (exact) mass is 218 g/mol. The average molecular weight is 218 g/mol. The van der Waals surface area contributed by atoms with E-state index in [0.717, 1.165) is 13.0 Å². The fraction of sp³-hybridized carbons (Fsp3) is 0.900. The molecular weight excluding hydrogens is 196 g/mol. The van der Waals surface area contributed by atoms with Crippen molar-refractivity contribution in [3.63, 3.8) is 0 Å².